The van der Waals surface area contributed by atoms with Gasteiger partial charge in [-0.05, 0) is 45.5 Å². The summed E-state index contributed by atoms with van der Waals surface area (Å²) in [4.78, 5) is 28.9. The van der Waals surface area contributed by atoms with Gasteiger partial charge in [-0.3, -0.25) is 14.5 Å². The number of benzene rings is 3. The van der Waals surface area contributed by atoms with Gasteiger partial charge in [0.25, 0.3) is 5.91 Å². The number of carbonyl (C=O) groups excluding carboxylic acids is 2. The Morgan fingerprint density at radius 2 is 1.90 bits per heavy atom. The molecule has 1 atom stereocenters. The Morgan fingerprint density at radius 3 is 2.73 bits per heavy atom. The maximum atomic E-state index is 13.6. The molecule has 3 aromatic carbocycles. The number of Topliss-reactive ketones (excluding diaryl/α,β-unsaturated/α-hetero) is 1. The number of anilines is 1. The van der Waals surface area contributed by atoms with Crippen LogP contribution in [0.1, 0.15) is 26.8 Å². The molecule has 1 amide bonds. The Kier molecular flexibility index (Phi) is 7.69. The molecule has 0 aliphatic carbocycles. The van der Waals surface area contributed by atoms with Gasteiger partial charge in [0.15, 0.2) is 10.1 Å². The van der Waals surface area contributed by atoms with Crippen molar-refractivity contribution in [2.75, 3.05) is 11.5 Å². The zero-order chi connectivity index (χ0) is 28.3. The number of fused-ring (bicyclic) bond motifs is 1. The highest BCUT2D eigenvalue weighted by Crippen LogP contribution is 2.45. The number of thiophene rings is 1. The summed E-state index contributed by atoms with van der Waals surface area (Å²) >= 11 is 4.01. The van der Waals surface area contributed by atoms with E-state index in [0.717, 1.165) is 5.39 Å². The van der Waals surface area contributed by atoms with Gasteiger partial charge in [0.05, 0.1) is 16.5 Å². The number of aliphatic hydroxyl groups excluding tert-OH is 1. The van der Waals surface area contributed by atoms with Crippen molar-refractivity contribution in [1.29, 1.82) is 0 Å². The van der Waals surface area contributed by atoms with E-state index < -0.39 is 23.5 Å². The van der Waals surface area contributed by atoms with Crippen molar-refractivity contribution in [3.63, 3.8) is 0 Å². The molecule has 10 heteroatoms. The van der Waals surface area contributed by atoms with E-state index in [2.05, 4.69) is 41.0 Å². The standard InChI is InChI=1S/C31H23N3O4S3/c1-2-15-38-22-12-6-10-20(17-22)26-25(27(35)24-14-7-16-39-24)28(36)29(37)34(26)30-32-33-31(41-30)40-18-21-11-5-9-19-8-3-4-13-23(19)21/h2-14,16-17,26,36H,1,15,18H2. The number of nitrogens with zero attached hydrogens (tertiary/aromatic N) is 3. The predicted molar refractivity (Wildman–Crippen MR) is 164 cm³/mol. The van der Waals surface area contributed by atoms with Gasteiger partial charge in [0, 0.05) is 5.75 Å². The second-order valence-electron chi connectivity index (χ2n) is 9.10. The van der Waals surface area contributed by atoms with E-state index in [1.807, 2.05) is 18.2 Å². The molecule has 0 radical (unpaired) electrons. The third-order valence-corrected chi connectivity index (χ3v) is 9.55. The maximum Gasteiger partial charge on any atom is 0.296 e. The molecule has 204 valence electrons. The van der Waals surface area contributed by atoms with Crippen LogP contribution in [0.25, 0.3) is 10.8 Å². The molecule has 0 saturated heterocycles. The summed E-state index contributed by atoms with van der Waals surface area (Å²) in [6.45, 7) is 3.98. The molecule has 6 rings (SSSR count). The molecule has 2 aromatic heterocycles. The van der Waals surface area contributed by atoms with Gasteiger partial charge < -0.3 is 9.84 Å². The van der Waals surface area contributed by atoms with Gasteiger partial charge in [-0.2, -0.15) is 0 Å². The lowest BCUT2D eigenvalue weighted by molar-refractivity contribution is -0.117. The second-order valence-corrected chi connectivity index (χ2v) is 12.2. The number of hydrogen-bond donors (Lipinski definition) is 1. The van der Waals surface area contributed by atoms with Crippen molar-refractivity contribution < 1.29 is 19.4 Å². The van der Waals surface area contributed by atoms with E-state index in [-0.39, 0.29) is 5.57 Å². The first-order valence-corrected chi connectivity index (χ1v) is 15.3. The lowest BCUT2D eigenvalue weighted by atomic mass is 9.95. The van der Waals surface area contributed by atoms with Crippen molar-refractivity contribution >= 4 is 62.0 Å². The number of rotatable bonds is 10. The lowest BCUT2D eigenvalue weighted by Crippen LogP contribution is -2.31. The van der Waals surface area contributed by atoms with Gasteiger partial charge in [-0.25, -0.2) is 0 Å². The summed E-state index contributed by atoms with van der Waals surface area (Å²) in [7, 11) is 0. The number of ether oxygens (including phenoxy) is 1. The predicted octanol–water partition coefficient (Wildman–Crippen LogP) is 7.39. The molecule has 1 aliphatic rings. The normalized spacial score (nSPS) is 15.1. The van der Waals surface area contributed by atoms with E-state index >= 15 is 0 Å². The van der Waals surface area contributed by atoms with Crippen molar-refractivity contribution in [2.45, 2.75) is 16.1 Å². The number of hydrogen-bond acceptors (Lipinski definition) is 9. The monoisotopic (exact) mass is 597 g/mol. The average Bonchev–Trinajstić information content (AvgIpc) is 3.76. The van der Waals surface area contributed by atoms with E-state index in [0.29, 0.717) is 38.0 Å². The van der Waals surface area contributed by atoms with Gasteiger partial charge in [-0.1, -0.05) is 96.4 Å². The van der Waals surface area contributed by atoms with Gasteiger partial charge in [0.2, 0.25) is 10.9 Å². The lowest BCUT2D eigenvalue weighted by Gasteiger charge is -2.24. The first kappa shape index (κ1) is 26.9. The molecule has 0 saturated carbocycles. The summed E-state index contributed by atoms with van der Waals surface area (Å²) in [6, 6.07) is 24.0. The van der Waals surface area contributed by atoms with E-state index in [1.165, 1.54) is 50.3 Å². The molecule has 1 aliphatic heterocycles. The van der Waals surface area contributed by atoms with Crippen LogP contribution in [0.15, 0.2) is 113 Å². The molecule has 0 bridgehead atoms. The highest BCUT2D eigenvalue weighted by Gasteiger charge is 2.46. The van der Waals surface area contributed by atoms with Crippen molar-refractivity contribution in [3.8, 4) is 5.75 Å². The topological polar surface area (TPSA) is 92.6 Å². The summed E-state index contributed by atoms with van der Waals surface area (Å²) < 4.78 is 6.38. The minimum atomic E-state index is -0.909. The summed E-state index contributed by atoms with van der Waals surface area (Å²) in [5, 5.41) is 24.1. The van der Waals surface area contributed by atoms with Gasteiger partial charge in [-0.15, -0.1) is 21.5 Å². The van der Waals surface area contributed by atoms with Crippen LogP contribution in [-0.2, 0) is 10.5 Å². The Labute approximate surface area is 248 Å². The van der Waals surface area contributed by atoms with Crippen molar-refractivity contribution in [1.82, 2.24) is 10.2 Å². The molecule has 5 aromatic rings. The Morgan fingerprint density at radius 1 is 1.07 bits per heavy atom. The number of amides is 1. The van der Waals surface area contributed by atoms with Crippen LogP contribution in [0.3, 0.4) is 0 Å². The van der Waals surface area contributed by atoms with E-state index in [4.69, 9.17) is 4.74 Å². The minimum Gasteiger partial charge on any atom is -0.503 e. The zero-order valence-corrected chi connectivity index (χ0v) is 24.0. The quantitative estimate of drug-likeness (QED) is 0.0776. The van der Waals surface area contributed by atoms with Crippen LogP contribution in [0.2, 0.25) is 0 Å². The van der Waals surface area contributed by atoms with Crippen LogP contribution in [-0.4, -0.2) is 33.6 Å². The smallest absolute Gasteiger partial charge is 0.296 e. The molecule has 0 fully saturated rings. The fraction of sp³-hybridized carbons (Fsp3) is 0.0968. The van der Waals surface area contributed by atoms with E-state index in [9.17, 15) is 14.7 Å². The molecule has 1 unspecified atom stereocenters. The number of carbonyl (C=O) groups is 2. The fourth-order valence-corrected chi connectivity index (χ4v) is 7.29. The van der Waals surface area contributed by atoms with E-state index in [1.54, 1.807) is 47.9 Å². The van der Waals surface area contributed by atoms with Crippen LogP contribution in [0.5, 0.6) is 5.75 Å². The largest absolute Gasteiger partial charge is 0.503 e. The molecule has 1 N–H and O–H groups in total. The second kappa shape index (κ2) is 11.7. The first-order chi connectivity index (χ1) is 20.0. The maximum absolute atomic E-state index is 13.6. The van der Waals surface area contributed by atoms with Crippen molar-refractivity contribution in [3.05, 3.63) is 124 Å². The number of thioether (sulfide) groups is 1. The summed E-state index contributed by atoms with van der Waals surface area (Å²) in [5.41, 5.74) is 1.77. The fourth-order valence-electron chi connectivity index (χ4n) is 4.74. The number of aliphatic hydroxyl groups is 1. The summed E-state index contributed by atoms with van der Waals surface area (Å²) in [5.74, 6) is -0.486. The molecule has 41 heavy (non-hydrogen) atoms. The van der Waals surface area contributed by atoms with Crippen LogP contribution in [0, 0.1) is 0 Å². The van der Waals surface area contributed by atoms with Crippen LogP contribution in [0.4, 0.5) is 5.13 Å². The number of aromatic nitrogens is 2. The van der Waals surface area contributed by atoms with Gasteiger partial charge >= 0.3 is 0 Å². The molecule has 3 heterocycles. The molecule has 7 nitrogen and oxygen atoms in total. The zero-order valence-electron chi connectivity index (χ0n) is 21.6. The Bertz CT molecular complexity index is 1790. The molecular formula is C31H23N3O4S3. The number of ketones is 1. The van der Waals surface area contributed by atoms with Crippen molar-refractivity contribution in [2.24, 2.45) is 0 Å². The average molecular weight is 598 g/mol. The summed E-state index contributed by atoms with van der Waals surface area (Å²) in [6.07, 6.45) is 1.63. The molecule has 0 spiro atoms. The Hall–Kier alpha value is -4.25. The minimum absolute atomic E-state index is 0.00141. The highest BCUT2D eigenvalue weighted by atomic mass is 32.2. The molecular weight excluding hydrogens is 575 g/mol. The van der Waals surface area contributed by atoms with Gasteiger partial charge in [0.1, 0.15) is 12.4 Å². The SMILES string of the molecule is C=CCOc1cccc(C2C(C(=O)c3cccs3)=C(O)C(=O)N2c2nnc(SCc3cccc4ccccc34)s2)c1. The third-order valence-electron chi connectivity index (χ3n) is 6.57. The Balaban J connectivity index is 1.34. The third kappa shape index (κ3) is 5.29. The first-order valence-electron chi connectivity index (χ1n) is 12.7. The van der Waals surface area contributed by atoms with Crippen LogP contribution < -0.4 is 9.64 Å². The van der Waals surface area contributed by atoms with Crippen LogP contribution >= 0.6 is 34.4 Å². The highest BCUT2D eigenvalue weighted by molar-refractivity contribution is 8.00.